The van der Waals surface area contributed by atoms with E-state index in [1.54, 1.807) is 24.3 Å². The van der Waals surface area contributed by atoms with Crippen LogP contribution in [0.3, 0.4) is 0 Å². The number of rotatable bonds is 9. The van der Waals surface area contributed by atoms with Gasteiger partial charge in [0.05, 0.1) is 33.5 Å². The van der Waals surface area contributed by atoms with Crippen LogP contribution in [0.1, 0.15) is 102 Å². The number of imide groups is 2. The molecule has 4 aliphatic heterocycles. The molecule has 60 heavy (non-hydrogen) atoms. The minimum atomic E-state index is -1.11. The molecule has 0 spiro atoms. The largest absolute Gasteiger partial charge is 0.490 e. The molecule has 1 saturated carbocycles. The number of benzene rings is 2. The molecule has 3 unspecified atom stereocenters. The van der Waals surface area contributed by atoms with Crippen LogP contribution in [0.4, 0.5) is 15.9 Å². The van der Waals surface area contributed by atoms with E-state index in [-0.39, 0.29) is 65.5 Å². The molecular formula is C43H47ClFN9O6. The van der Waals surface area contributed by atoms with Gasteiger partial charge in [0.1, 0.15) is 23.7 Å². The van der Waals surface area contributed by atoms with E-state index in [9.17, 15) is 24.0 Å². The maximum atomic E-state index is 15.7. The lowest BCUT2D eigenvalue weighted by molar-refractivity contribution is -0.136. The lowest BCUT2D eigenvalue weighted by Gasteiger charge is -2.47. The zero-order valence-electron chi connectivity index (χ0n) is 33.5. The van der Waals surface area contributed by atoms with Gasteiger partial charge in [0, 0.05) is 63.3 Å². The van der Waals surface area contributed by atoms with Crippen LogP contribution in [0.15, 0.2) is 42.5 Å². The number of fused-ring (bicyclic) bond motifs is 1. The van der Waals surface area contributed by atoms with Gasteiger partial charge in [-0.15, -0.1) is 10.2 Å². The van der Waals surface area contributed by atoms with Crippen LogP contribution < -0.4 is 25.2 Å². The van der Waals surface area contributed by atoms with E-state index in [0.29, 0.717) is 35.3 Å². The molecule has 5 aliphatic rings. The van der Waals surface area contributed by atoms with Crippen molar-refractivity contribution in [3.05, 3.63) is 75.7 Å². The van der Waals surface area contributed by atoms with Crippen molar-refractivity contribution >= 4 is 52.6 Å². The highest BCUT2D eigenvalue weighted by atomic mass is 35.5. The van der Waals surface area contributed by atoms with Crippen LogP contribution in [0, 0.1) is 23.1 Å². The van der Waals surface area contributed by atoms with Gasteiger partial charge in [0.15, 0.2) is 11.5 Å². The standard InChI is InChI=1S/C43H47ClFN9O6/c1-24-21-52(37-19-32-31(18-34(37)45)42(58)54(43(32)59)36-10-12-39(55)48-41(36)57)22-25(2)53(24)23-26-13-15-51(16-14-26)38-11-9-35(49-50-38)40(56)47-28-4-7-29(8-5-28)60-30-6-3-27(20-46)33(44)17-30/h3,6,9,11,17-19,24-26,28-29,36H,4-5,7-8,10,12-16,21-23H2,1-2H3,(H,47,56)(H,48,55,57). The van der Waals surface area contributed by atoms with Crippen LogP contribution in [-0.2, 0) is 9.59 Å². The average Bonchev–Trinajstić information content (AvgIpc) is 3.47. The number of nitriles is 1. The zero-order valence-corrected chi connectivity index (χ0v) is 34.3. The smallest absolute Gasteiger partial charge is 0.272 e. The van der Waals surface area contributed by atoms with Crippen molar-refractivity contribution < 1.29 is 33.1 Å². The van der Waals surface area contributed by atoms with Crippen molar-refractivity contribution in [3.63, 3.8) is 0 Å². The van der Waals surface area contributed by atoms with Crippen molar-refractivity contribution in [2.45, 2.75) is 95.5 Å². The number of amides is 5. The number of piperidine rings is 2. The third-order valence-electron chi connectivity index (χ3n) is 12.6. The number of nitrogens with zero attached hydrogens (tertiary/aromatic N) is 7. The molecule has 3 saturated heterocycles. The first-order chi connectivity index (χ1) is 28.9. The second kappa shape index (κ2) is 17.1. The minimum absolute atomic E-state index is 0.00233. The Morgan fingerprint density at radius 2 is 1.62 bits per heavy atom. The van der Waals surface area contributed by atoms with E-state index < -0.39 is 35.5 Å². The Balaban J connectivity index is 0.794. The van der Waals surface area contributed by atoms with Crippen molar-refractivity contribution in [2.24, 2.45) is 5.92 Å². The molecule has 3 aromatic rings. The van der Waals surface area contributed by atoms with E-state index in [1.807, 2.05) is 17.0 Å². The summed E-state index contributed by atoms with van der Waals surface area (Å²) in [5.41, 5.74) is 0.915. The number of hydrogen-bond donors (Lipinski definition) is 2. The lowest BCUT2D eigenvalue weighted by Crippen LogP contribution is -2.58. The summed E-state index contributed by atoms with van der Waals surface area (Å²) in [4.78, 5) is 71.2. The van der Waals surface area contributed by atoms with Crippen molar-refractivity contribution in [3.8, 4) is 11.8 Å². The summed E-state index contributed by atoms with van der Waals surface area (Å²) in [5.74, 6) is -1.60. The predicted molar refractivity (Wildman–Crippen MR) is 218 cm³/mol. The average molecular weight is 840 g/mol. The van der Waals surface area contributed by atoms with Gasteiger partial charge >= 0.3 is 0 Å². The monoisotopic (exact) mass is 839 g/mol. The Morgan fingerprint density at radius 1 is 0.917 bits per heavy atom. The molecule has 314 valence electrons. The van der Waals surface area contributed by atoms with Gasteiger partial charge < -0.3 is 19.9 Å². The van der Waals surface area contributed by atoms with Gasteiger partial charge in [0.2, 0.25) is 11.8 Å². The zero-order chi connectivity index (χ0) is 42.2. The van der Waals surface area contributed by atoms with Gasteiger partial charge in [-0.3, -0.25) is 39.1 Å². The van der Waals surface area contributed by atoms with Crippen LogP contribution >= 0.6 is 11.6 Å². The van der Waals surface area contributed by atoms with E-state index in [0.717, 1.165) is 74.9 Å². The number of piperazine rings is 1. The van der Waals surface area contributed by atoms with Gasteiger partial charge in [-0.05, 0) is 101 Å². The summed E-state index contributed by atoms with van der Waals surface area (Å²) in [6.07, 6.45) is 5.02. The first-order valence-corrected chi connectivity index (χ1v) is 21.1. The minimum Gasteiger partial charge on any atom is -0.490 e. The molecule has 2 aromatic carbocycles. The molecule has 2 N–H and O–H groups in total. The van der Waals surface area contributed by atoms with E-state index in [2.05, 4.69) is 44.5 Å². The molecule has 0 bridgehead atoms. The summed E-state index contributed by atoms with van der Waals surface area (Å²) in [7, 11) is 0. The topological polar surface area (TPSA) is 181 Å². The third-order valence-corrected chi connectivity index (χ3v) is 12.9. The molecule has 1 aromatic heterocycles. The Hall–Kier alpha value is -5.66. The number of halogens is 2. The van der Waals surface area contributed by atoms with Gasteiger partial charge in [-0.25, -0.2) is 4.39 Å². The van der Waals surface area contributed by atoms with Crippen molar-refractivity contribution in [1.29, 1.82) is 5.26 Å². The fourth-order valence-corrected chi connectivity index (χ4v) is 9.54. The van der Waals surface area contributed by atoms with Crippen LogP contribution in [0.2, 0.25) is 5.02 Å². The van der Waals surface area contributed by atoms with E-state index in [1.165, 1.54) is 6.07 Å². The number of carbonyl (C=O) groups excluding carboxylic acids is 5. The van der Waals surface area contributed by atoms with Gasteiger partial charge in [-0.2, -0.15) is 5.26 Å². The highest BCUT2D eigenvalue weighted by Gasteiger charge is 2.46. The summed E-state index contributed by atoms with van der Waals surface area (Å²) in [5, 5.41) is 23.4. The molecule has 0 radical (unpaired) electrons. The molecule has 15 nitrogen and oxygen atoms in total. The molecule has 5 heterocycles. The Kier molecular flexibility index (Phi) is 11.7. The molecule has 8 rings (SSSR count). The quantitative estimate of drug-likeness (QED) is 0.289. The maximum absolute atomic E-state index is 15.7. The molecule has 1 aliphatic carbocycles. The van der Waals surface area contributed by atoms with Gasteiger partial charge in [-0.1, -0.05) is 11.6 Å². The second-order valence-corrected chi connectivity index (χ2v) is 17.0. The highest BCUT2D eigenvalue weighted by Crippen LogP contribution is 2.35. The fourth-order valence-electron chi connectivity index (χ4n) is 9.33. The van der Waals surface area contributed by atoms with Crippen LogP contribution in [0.5, 0.6) is 5.75 Å². The summed E-state index contributed by atoms with van der Waals surface area (Å²) in [6.45, 7) is 7.77. The number of nitrogens with one attached hydrogen (secondary N) is 2. The molecular weight excluding hydrogens is 793 g/mol. The van der Waals surface area contributed by atoms with E-state index in [4.69, 9.17) is 21.6 Å². The first-order valence-electron chi connectivity index (χ1n) is 20.7. The number of hydrogen-bond acceptors (Lipinski definition) is 12. The van der Waals surface area contributed by atoms with Gasteiger partial charge in [0.25, 0.3) is 17.7 Å². The summed E-state index contributed by atoms with van der Waals surface area (Å²) >= 11 is 6.15. The number of carbonyl (C=O) groups is 5. The second-order valence-electron chi connectivity index (χ2n) is 16.6. The summed E-state index contributed by atoms with van der Waals surface area (Å²) in [6, 6.07) is 12.3. The normalized spacial score (nSPS) is 25.2. The van der Waals surface area contributed by atoms with Crippen molar-refractivity contribution in [2.75, 3.05) is 42.5 Å². The van der Waals surface area contributed by atoms with Crippen molar-refractivity contribution in [1.82, 2.24) is 30.6 Å². The lowest BCUT2D eigenvalue weighted by atomic mass is 9.92. The SMILES string of the molecule is CC1CN(c2cc3c(cc2F)C(=O)N(C2CCC(=O)NC2=O)C3=O)CC(C)N1CC1CCN(c2ccc(C(=O)NC3CCC(Oc4ccc(C#N)c(Cl)c4)CC3)nn2)CC1. The third kappa shape index (κ3) is 8.38. The number of anilines is 2. The van der Waals surface area contributed by atoms with E-state index >= 15 is 4.39 Å². The molecule has 5 amide bonds. The predicted octanol–water partition coefficient (Wildman–Crippen LogP) is 4.48. The van der Waals surface area contributed by atoms with Crippen LogP contribution in [0.25, 0.3) is 0 Å². The molecule has 17 heteroatoms. The highest BCUT2D eigenvalue weighted by molar-refractivity contribution is 6.31. The molecule has 4 fully saturated rings. The Labute approximate surface area is 352 Å². The maximum Gasteiger partial charge on any atom is 0.272 e. The van der Waals surface area contributed by atoms with Crippen LogP contribution in [-0.4, -0.2) is 113 Å². The first kappa shape index (κ1) is 41.1. The molecule has 3 atom stereocenters. The fraction of sp³-hybridized carbons (Fsp3) is 0.488. The number of aromatic nitrogens is 2. The number of ether oxygens (including phenoxy) is 1. The summed E-state index contributed by atoms with van der Waals surface area (Å²) < 4.78 is 21.7. The Morgan fingerprint density at radius 3 is 2.25 bits per heavy atom. The Bertz CT molecular complexity index is 2230.